The highest BCUT2D eigenvalue weighted by Gasteiger charge is 2.25. The first-order valence-corrected chi connectivity index (χ1v) is 10.1. The normalized spacial score (nSPS) is 21.9. The molecule has 0 aromatic heterocycles. The molecule has 1 aliphatic heterocycles. The third-order valence-electron chi connectivity index (χ3n) is 5.75. The lowest BCUT2D eigenvalue weighted by atomic mass is 9.98. The maximum Gasteiger partial charge on any atom is 0.224 e. The van der Waals surface area contributed by atoms with E-state index in [-0.39, 0.29) is 11.9 Å². The third-order valence-corrected chi connectivity index (χ3v) is 5.75. The van der Waals surface area contributed by atoms with Crippen LogP contribution in [-0.2, 0) is 11.2 Å². The summed E-state index contributed by atoms with van der Waals surface area (Å²) in [5, 5.41) is 12.9. The molecular weight excluding hydrogens is 346 g/mol. The largest absolute Gasteiger partial charge is 0.352 e. The monoisotopic (exact) mass is 373 g/mol. The average molecular weight is 374 g/mol. The zero-order chi connectivity index (χ0) is 19.3. The molecule has 4 nitrogen and oxygen atoms in total. The molecule has 144 valence electrons. The molecule has 0 saturated carbocycles. The number of benzene rings is 2. The van der Waals surface area contributed by atoms with Crippen LogP contribution in [0.2, 0.25) is 0 Å². The molecule has 28 heavy (non-hydrogen) atoms. The minimum absolute atomic E-state index is 0.0834. The fraction of sp³-hybridized carbons (Fsp3) is 0.333. The Balaban J connectivity index is 1.35. The van der Waals surface area contributed by atoms with E-state index in [1.165, 1.54) is 6.21 Å². The van der Waals surface area contributed by atoms with E-state index in [1.807, 2.05) is 36.4 Å². The summed E-state index contributed by atoms with van der Waals surface area (Å²) in [4.78, 5) is 15.1. The van der Waals surface area contributed by atoms with Gasteiger partial charge in [-0.15, -0.1) is 0 Å². The van der Waals surface area contributed by atoms with Gasteiger partial charge in [-0.1, -0.05) is 60.7 Å². The van der Waals surface area contributed by atoms with Crippen molar-refractivity contribution >= 4 is 22.9 Å². The van der Waals surface area contributed by atoms with Gasteiger partial charge in [0.2, 0.25) is 5.91 Å². The van der Waals surface area contributed by atoms with E-state index >= 15 is 0 Å². The number of carbonyl (C=O) groups is 1. The van der Waals surface area contributed by atoms with Gasteiger partial charge in [0.1, 0.15) is 0 Å². The van der Waals surface area contributed by atoms with Gasteiger partial charge >= 0.3 is 0 Å². The molecule has 1 saturated heterocycles. The number of amides is 1. The summed E-state index contributed by atoms with van der Waals surface area (Å²) in [6.07, 6.45) is 12.7. The molecular formula is C24H27N3O. The Labute approximate surface area is 166 Å². The van der Waals surface area contributed by atoms with Crippen molar-refractivity contribution in [1.29, 1.82) is 5.41 Å². The first-order chi connectivity index (χ1) is 13.7. The summed E-state index contributed by atoms with van der Waals surface area (Å²) < 4.78 is 0. The van der Waals surface area contributed by atoms with Gasteiger partial charge < -0.3 is 15.6 Å². The first-order valence-electron chi connectivity index (χ1n) is 10.1. The Kier molecular flexibility index (Phi) is 5.68. The maximum absolute atomic E-state index is 12.7. The van der Waals surface area contributed by atoms with Gasteiger partial charge in [0.25, 0.3) is 0 Å². The summed E-state index contributed by atoms with van der Waals surface area (Å²) >= 11 is 0. The van der Waals surface area contributed by atoms with Crippen LogP contribution in [0, 0.1) is 11.3 Å². The molecule has 1 heterocycles. The first kappa shape index (κ1) is 18.6. The van der Waals surface area contributed by atoms with E-state index in [0.717, 1.165) is 54.4 Å². The smallest absolute Gasteiger partial charge is 0.224 e. The fourth-order valence-corrected chi connectivity index (χ4v) is 4.33. The molecule has 2 N–H and O–H groups in total. The number of nitrogens with one attached hydrogen (secondary N) is 2. The molecule has 1 aliphatic carbocycles. The fourth-order valence-electron chi connectivity index (χ4n) is 4.33. The van der Waals surface area contributed by atoms with Crippen molar-refractivity contribution in [2.45, 2.75) is 25.3 Å². The molecule has 1 fully saturated rings. The zero-order valence-corrected chi connectivity index (χ0v) is 16.1. The molecule has 0 bridgehead atoms. The van der Waals surface area contributed by atoms with Gasteiger partial charge in [-0.2, -0.15) is 0 Å². The van der Waals surface area contributed by atoms with E-state index in [9.17, 15) is 4.79 Å². The van der Waals surface area contributed by atoms with Crippen molar-refractivity contribution in [2.24, 2.45) is 5.92 Å². The number of nitrogens with zero attached hydrogens (tertiary/aromatic N) is 1. The molecule has 2 unspecified atom stereocenters. The summed E-state index contributed by atoms with van der Waals surface area (Å²) in [6.45, 7) is 3.06. The highest BCUT2D eigenvalue weighted by molar-refractivity contribution is 6.01. The Bertz CT molecular complexity index is 931. The second kappa shape index (κ2) is 8.53. The van der Waals surface area contributed by atoms with E-state index in [1.54, 1.807) is 0 Å². The molecule has 4 heteroatoms. The Morgan fingerprint density at radius 2 is 2.04 bits per heavy atom. The third kappa shape index (κ3) is 4.23. The molecule has 0 spiro atoms. The van der Waals surface area contributed by atoms with Crippen molar-refractivity contribution in [3.8, 4) is 0 Å². The second-order valence-corrected chi connectivity index (χ2v) is 7.80. The standard InChI is InChI=1S/C24H27N3O/c25-15-20-11-10-19(22-8-4-5-9-23(20)22)14-24(28)26-21-12-13-27(17-21)16-18-6-2-1-3-7-18/h1-6,8-11,15,18,21,25H,7,12-14,16-17H2,(H,26,28). The Hall–Kier alpha value is -2.72. The number of likely N-dealkylation sites (tertiary alicyclic amines) is 1. The summed E-state index contributed by atoms with van der Waals surface area (Å²) in [5.74, 6) is 0.679. The minimum Gasteiger partial charge on any atom is -0.352 e. The zero-order valence-electron chi connectivity index (χ0n) is 16.1. The number of rotatable bonds is 6. The van der Waals surface area contributed by atoms with Crippen molar-refractivity contribution in [2.75, 3.05) is 19.6 Å². The van der Waals surface area contributed by atoms with Crippen LogP contribution in [0.25, 0.3) is 10.8 Å². The predicted octanol–water partition coefficient (Wildman–Crippen LogP) is 3.70. The van der Waals surface area contributed by atoms with Crippen LogP contribution in [0.5, 0.6) is 0 Å². The Morgan fingerprint density at radius 1 is 1.18 bits per heavy atom. The van der Waals surface area contributed by atoms with Gasteiger partial charge in [0.05, 0.1) is 6.42 Å². The number of fused-ring (bicyclic) bond motifs is 1. The number of allylic oxidation sites excluding steroid dienone is 3. The maximum atomic E-state index is 12.7. The molecule has 2 atom stereocenters. The van der Waals surface area contributed by atoms with E-state index in [4.69, 9.17) is 5.41 Å². The van der Waals surface area contributed by atoms with E-state index in [0.29, 0.717) is 12.3 Å². The van der Waals surface area contributed by atoms with Gasteiger partial charge in [-0.25, -0.2) is 0 Å². The van der Waals surface area contributed by atoms with E-state index in [2.05, 4.69) is 34.5 Å². The van der Waals surface area contributed by atoms with Gasteiger partial charge in [0, 0.05) is 31.9 Å². The lowest BCUT2D eigenvalue weighted by Crippen LogP contribution is -2.38. The van der Waals surface area contributed by atoms with Crippen molar-refractivity contribution < 1.29 is 4.79 Å². The summed E-state index contributed by atoms with van der Waals surface area (Å²) in [7, 11) is 0. The molecule has 0 radical (unpaired) electrons. The van der Waals surface area contributed by atoms with Crippen molar-refractivity contribution in [3.63, 3.8) is 0 Å². The molecule has 4 rings (SSSR count). The van der Waals surface area contributed by atoms with Gasteiger partial charge in [-0.05, 0) is 40.7 Å². The highest BCUT2D eigenvalue weighted by atomic mass is 16.1. The average Bonchev–Trinajstić information content (AvgIpc) is 3.15. The Morgan fingerprint density at radius 3 is 2.82 bits per heavy atom. The van der Waals surface area contributed by atoms with Crippen LogP contribution in [0.3, 0.4) is 0 Å². The molecule has 2 aromatic carbocycles. The van der Waals surface area contributed by atoms with Gasteiger partial charge in [0.15, 0.2) is 0 Å². The van der Waals surface area contributed by atoms with Crippen molar-refractivity contribution in [3.05, 3.63) is 71.8 Å². The summed E-state index contributed by atoms with van der Waals surface area (Å²) in [5.41, 5.74) is 1.91. The minimum atomic E-state index is 0.0834. The number of carbonyl (C=O) groups excluding carboxylic acids is 1. The summed E-state index contributed by atoms with van der Waals surface area (Å²) in [6, 6.07) is 12.2. The van der Waals surface area contributed by atoms with Crippen LogP contribution in [-0.4, -0.2) is 42.7 Å². The van der Waals surface area contributed by atoms with Gasteiger partial charge in [-0.3, -0.25) is 4.79 Å². The van der Waals surface area contributed by atoms with Crippen LogP contribution in [0.15, 0.2) is 60.7 Å². The SMILES string of the molecule is N=Cc1ccc(CC(=O)NC2CCN(CC3C=CC=CC3)C2)c2ccccc12. The predicted molar refractivity (Wildman–Crippen MR) is 115 cm³/mol. The van der Waals surface area contributed by atoms with Crippen LogP contribution >= 0.6 is 0 Å². The number of hydrogen-bond donors (Lipinski definition) is 2. The molecule has 2 aliphatic rings. The quantitative estimate of drug-likeness (QED) is 0.759. The van der Waals surface area contributed by atoms with Crippen molar-refractivity contribution in [1.82, 2.24) is 10.2 Å². The van der Waals surface area contributed by atoms with Crippen LogP contribution < -0.4 is 5.32 Å². The topological polar surface area (TPSA) is 56.2 Å². The molecule has 2 aromatic rings. The van der Waals surface area contributed by atoms with Crippen LogP contribution in [0.1, 0.15) is 24.0 Å². The second-order valence-electron chi connectivity index (χ2n) is 7.80. The van der Waals surface area contributed by atoms with E-state index < -0.39 is 0 Å². The lowest BCUT2D eigenvalue weighted by molar-refractivity contribution is -0.121. The molecule has 1 amide bonds. The van der Waals surface area contributed by atoms with Crippen LogP contribution in [0.4, 0.5) is 0 Å². The lowest BCUT2D eigenvalue weighted by Gasteiger charge is -2.22. The highest BCUT2D eigenvalue weighted by Crippen LogP contribution is 2.23. The number of hydrogen-bond acceptors (Lipinski definition) is 3.